The maximum Gasteiger partial charge on any atom is 0.191 e. The number of nitrogens with zero attached hydrogens (tertiary/aromatic N) is 2. The number of hydrogen-bond acceptors (Lipinski definition) is 3. The molecule has 3 rings (SSSR count). The van der Waals surface area contributed by atoms with Crippen molar-refractivity contribution < 1.29 is 4.21 Å². The van der Waals surface area contributed by atoms with Gasteiger partial charge in [0, 0.05) is 54.0 Å². The van der Waals surface area contributed by atoms with Gasteiger partial charge in [-0.15, -0.1) is 24.0 Å². The van der Waals surface area contributed by atoms with Crippen molar-refractivity contribution >= 4 is 40.7 Å². The molecule has 0 radical (unpaired) electrons. The van der Waals surface area contributed by atoms with Crippen molar-refractivity contribution in [3.8, 4) is 0 Å². The van der Waals surface area contributed by atoms with Gasteiger partial charge in [0.25, 0.3) is 0 Å². The molecule has 3 unspecified atom stereocenters. The molecule has 1 fully saturated rings. The molecule has 1 heterocycles. The van der Waals surface area contributed by atoms with Crippen molar-refractivity contribution in [2.45, 2.75) is 63.8 Å². The van der Waals surface area contributed by atoms with Gasteiger partial charge in [0.1, 0.15) is 0 Å². The number of benzene rings is 1. The van der Waals surface area contributed by atoms with Crippen LogP contribution in [0.5, 0.6) is 0 Å². The first-order valence-electron chi connectivity index (χ1n) is 10.9. The summed E-state index contributed by atoms with van der Waals surface area (Å²) in [7, 11) is -0.687. The first-order chi connectivity index (χ1) is 13.7. The van der Waals surface area contributed by atoms with E-state index in [-0.39, 0.29) is 24.0 Å². The van der Waals surface area contributed by atoms with Crippen molar-refractivity contribution in [2.75, 3.05) is 31.9 Å². The number of hydrogen-bond donors (Lipinski definition) is 2. The van der Waals surface area contributed by atoms with E-state index in [9.17, 15) is 4.21 Å². The molecule has 1 aromatic carbocycles. The summed E-state index contributed by atoms with van der Waals surface area (Å²) in [6.45, 7) is 8.92. The normalized spacial score (nSPS) is 23.6. The summed E-state index contributed by atoms with van der Waals surface area (Å²) in [5.41, 5.74) is 2.95. The van der Waals surface area contributed by atoms with E-state index in [0.29, 0.717) is 11.3 Å². The number of nitrogens with one attached hydrogen (secondary N) is 2. The number of fused-ring (bicyclic) bond motifs is 1. The first-order valence-corrected chi connectivity index (χ1v) is 12.3. The van der Waals surface area contributed by atoms with Gasteiger partial charge in [-0.3, -0.25) is 14.1 Å². The molecule has 0 bridgehead atoms. The highest BCUT2D eigenvalue weighted by Gasteiger charge is 2.26. The Morgan fingerprint density at radius 1 is 1.24 bits per heavy atom. The molecular weight excluding hydrogens is 495 g/mol. The minimum atomic E-state index is -0.687. The third kappa shape index (κ3) is 7.51. The van der Waals surface area contributed by atoms with Gasteiger partial charge in [-0.25, -0.2) is 0 Å². The van der Waals surface area contributed by atoms with Crippen LogP contribution in [-0.4, -0.2) is 58.3 Å². The van der Waals surface area contributed by atoms with Crippen LogP contribution < -0.4 is 10.6 Å². The highest BCUT2D eigenvalue weighted by Crippen LogP contribution is 2.23. The van der Waals surface area contributed by atoms with Gasteiger partial charge in [-0.2, -0.15) is 0 Å². The number of guanidine groups is 1. The van der Waals surface area contributed by atoms with Crippen LogP contribution in [0.15, 0.2) is 29.3 Å². The molecule has 0 aromatic heterocycles. The zero-order chi connectivity index (χ0) is 19.8. The second-order valence-electron chi connectivity index (χ2n) is 7.85. The Hall–Kier alpha value is -0.670. The van der Waals surface area contributed by atoms with Gasteiger partial charge in [0.2, 0.25) is 0 Å². The molecular formula is C22H37IN4OS. The lowest BCUT2D eigenvalue weighted by atomic mass is 9.95. The van der Waals surface area contributed by atoms with Crippen LogP contribution in [-0.2, 0) is 23.8 Å². The highest BCUT2D eigenvalue weighted by molar-refractivity contribution is 14.0. The second-order valence-corrected chi connectivity index (χ2v) is 9.86. The van der Waals surface area contributed by atoms with E-state index in [1.165, 1.54) is 11.1 Å². The predicted octanol–water partition coefficient (Wildman–Crippen LogP) is 3.30. The number of halogens is 1. The van der Waals surface area contributed by atoms with Gasteiger partial charge >= 0.3 is 0 Å². The minimum absolute atomic E-state index is 0. The molecule has 1 aliphatic heterocycles. The standard InChI is InChI=1S/C22H36N4OS.HI/c1-3-23-22(25-20-10-7-11-21(16-20)28(27)4-2)24-13-15-26-14-12-18-8-5-6-9-19(18)17-26;/h5-6,8-9,20-21H,3-4,7,10-17H2,1-2H3,(H2,23,24,25);1H. The van der Waals surface area contributed by atoms with Gasteiger partial charge in [0.15, 0.2) is 5.96 Å². The molecule has 0 amide bonds. The predicted molar refractivity (Wildman–Crippen MR) is 135 cm³/mol. The monoisotopic (exact) mass is 532 g/mol. The Labute approximate surface area is 196 Å². The third-order valence-corrected chi connectivity index (χ3v) is 7.60. The lowest BCUT2D eigenvalue weighted by Gasteiger charge is -2.30. The van der Waals surface area contributed by atoms with Crippen molar-refractivity contribution in [3.63, 3.8) is 0 Å². The molecule has 164 valence electrons. The van der Waals surface area contributed by atoms with Crippen LogP contribution in [0.3, 0.4) is 0 Å². The van der Waals surface area contributed by atoms with Crippen molar-refractivity contribution in [1.29, 1.82) is 0 Å². The summed E-state index contributed by atoms with van der Waals surface area (Å²) in [4.78, 5) is 7.32. The zero-order valence-corrected chi connectivity index (χ0v) is 21.0. The molecule has 2 aliphatic rings. The zero-order valence-electron chi connectivity index (χ0n) is 17.9. The SMILES string of the molecule is CCNC(=NCCN1CCc2ccccc2C1)NC1CCCC(S(=O)CC)C1.I. The largest absolute Gasteiger partial charge is 0.357 e. The summed E-state index contributed by atoms with van der Waals surface area (Å²) in [5.74, 6) is 1.68. The maximum atomic E-state index is 12.2. The van der Waals surface area contributed by atoms with Gasteiger partial charge in [-0.05, 0) is 43.7 Å². The minimum Gasteiger partial charge on any atom is -0.357 e. The van der Waals surface area contributed by atoms with Crippen LogP contribution in [0.2, 0.25) is 0 Å². The van der Waals surface area contributed by atoms with E-state index >= 15 is 0 Å². The third-order valence-electron chi connectivity index (χ3n) is 5.86. The van der Waals surface area contributed by atoms with E-state index in [1.54, 1.807) is 0 Å². The molecule has 0 spiro atoms. The van der Waals surface area contributed by atoms with Crippen LogP contribution in [0.25, 0.3) is 0 Å². The van der Waals surface area contributed by atoms with Gasteiger partial charge in [-0.1, -0.05) is 37.6 Å². The fraction of sp³-hybridized carbons (Fsp3) is 0.682. The Kier molecular flexibility index (Phi) is 10.9. The molecule has 1 aromatic rings. The van der Waals surface area contributed by atoms with Crippen LogP contribution in [0.1, 0.15) is 50.7 Å². The smallest absolute Gasteiger partial charge is 0.191 e. The molecule has 1 saturated carbocycles. The highest BCUT2D eigenvalue weighted by atomic mass is 127. The molecule has 5 nitrogen and oxygen atoms in total. The van der Waals surface area contributed by atoms with Crippen LogP contribution in [0, 0.1) is 0 Å². The summed E-state index contributed by atoms with van der Waals surface area (Å²) in [5, 5.41) is 7.33. The fourth-order valence-electron chi connectivity index (χ4n) is 4.31. The number of aliphatic imine (C=N–C) groups is 1. The molecule has 2 N–H and O–H groups in total. The maximum absolute atomic E-state index is 12.2. The summed E-state index contributed by atoms with van der Waals surface area (Å²) >= 11 is 0. The average Bonchev–Trinajstić information content (AvgIpc) is 2.73. The Morgan fingerprint density at radius 2 is 2.03 bits per heavy atom. The second kappa shape index (κ2) is 12.9. The summed E-state index contributed by atoms with van der Waals surface area (Å²) < 4.78 is 12.2. The van der Waals surface area contributed by atoms with E-state index in [1.807, 2.05) is 6.92 Å². The molecule has 3 atom stereocenters. The topological polar surface area (TPSA) is 56.7 Å². The lowest BCUT2D eigenvalue weighted by Crippen LogP contribution is -2.47. The molecule has 29 heavy (non-hydrogen) atoms. The van der Waals surface area contributed by atoms with E-state index in [2.05, 4.69) is 46.7 Å². The van der Waals surface area contributed by atoms with Gasteiger partial charge < -0.3 is 10.6 Å². The number of rotatable bonds is 7. The lowest BCUT2D eigenvalue weighted by molar-refractivity contribution is 0.261. The van der Waals surface area contributed by atoms with Crippen molar-refractivity contribution in [2.24, 2.45) is 4.99 Å². The summed E-state index contributed by atoms with van der Waals surface area (Å²) in [6, 6.07) is 9.15. The van der Waals surface area contributed by atoms with Crippen molar-refractivity contribution in [1.82, 2.24) is 15.5 Å². The molecule has 0 saturated heterocycles. The quantitative estimate of drug-likeness (QED) is 0.322. The van der Waals surface area contributed by atoms with E-state index in [0.717, 1.165) is 76.5 Å². The summed E-state index contributed by atoms with van der Waals surface area (Å²) in [6.07, 6.45) is 5.53. The van der Waals surface area contributed by atoms with Crippen LogP contribution >= 0.6 is 24.0 Å². The Morgan fingerprint density at radius 3 is 2.79 bits per heavy atom. The fourth-order valence-corrected chi connectivity index (χ4v) is 5.66. The molecule has 7 heteroatoms. The first kappa shape index (κ1) is 24.6. The van der Waals surface area contributed by atoms with E-state index < -0.39 is 10.8 Å². The van der Waals surface area contributed by atoms with Crippen LogP contribution in [0.4, 0.5) is 0 Å². The Balaban J connectivity index is 0.00000300. The Bertz CT molecular complexity index is 685. The molecule has 1 aliphatic carbocycles. The van der Waals surface area contributed by atoms with E-state index in [4.69, 9.17) is 4.99 Å². The van der Waals surface area contributed by atoms with Gasteiger partial charge in [0.05, 0.1) is 6.54 Å². The average molecular weight is 533 g/mol. The van der Waals surface area contributed by atoms with Crippen molar-refractivity contribution in [3.05, 3.63) is 35.4 Å².